The Morgan fingerprint density at radius 1 is 1.20 bits per heavy atom. The van der Waals surface area contributed by atoms with Crippen molar-refractivity contribution >= 4 is 5.91 Å². The maximum absolute atomic E-state index is 12.3. The molecule has 1 aliphatic carbocycles. The van der Waals surface area contributed by atoms with E-state index in [0.717, 1.165) is 19.3 Å². The van der Waals surface area contributed by atoms with Crippen LogP contribution in [0.1, 0.15) is 47.0 Å². The summed E-state index contributed by atoms with van der Waals surface area (Å²) in [7, 11) is 0. The van der Waals surface area contributed by atoms with Crippen LogP contribution < -0.4 is 0 Å². The van der Waals surface area contributed by atoms with Crippen molar-refractivity contribution in [2.75, 3.05) is 0 Å². The first-order chi connectivity index (χ1) is 7.04. The first-order valence-corrected chi connectivity index (χ1v) is 6.01. The molecule has 0 bridgehead atoms. The summed E-state index contributed by atoms with van der Waals surface area (Å²) in [6.45, 7) is 8.38. The predicted molar refractivity (Wildman–Crippen MR) is 63.6 cm³/mol. The summed E-state index contributed by atoms with van der Waals surface area (Å²) < 4.78 is 0. The molecule has 1 aliphatic rings. The Bertz CT molecular complexity index is 235. The molecular weight excluding hydrogens is 186 g/mol. The van der Waals surface area contributed by atoms with Crippen molar-refractivity contribution in [2.45, 2.75) is 59.0 Å². The zero-order valence-electron chi connectivity index (χ0n) is 10.4. The maximum Gasteiger partial charge on any atom is 0.226 e. The van der Waals surface area contributed by atoms with E-state index in [1.165, 1.54) is 0 Å². The highest BCUT2D eigenvalue weighted by Crippen LogP contribution is 2.22. The van der Waals surface area contributed by atoms with Crippen molar-refractivity contribution in [2.24, 2.45) is 5.92 Å². The largest absolute Gasteiger partial charge is 0.338 e. The Kier molecular flexibility index (Phi) is 4.37. The van der Waals surface area contributed by atoms with Crippen molar-refractivity contribution in [3.05, 3.63) is 12.2 Å². The van der Waals surface area contributed by atoms with E-state index in [-0.39, 0.29) is 5.92 Å². The van der Waals surface area contributed by atoms with Crippen LogP contribution in [-0.4, -0.2) is 22.9 Å². The molecule has 0 aliphatic heterocycles. The molecule has 0 aromatic heterocycles. The van der Waals surface area contributed by atoms with Gasteiger partial charge in [0.25, 0.3) is 0 Å². The van der Waals surface area contributed by atoms with Gasteiger partial charge in [-0.2, -0.15) is 0 Å². The minimum Gasteiger partial charge on any atom is -0.338 e. The van der Waals surface area contributed by atoms with Gasteiger partial charge in [0.05, 0.1) is 0 Å². The summed E-state index contributed by atoms with van der Waals surface area (Å²) in [4.78, 5) is 14.3. The maximum atomic E-state index is 12.3. The quantitative estimate of drug-likeness (QED) is 0.654. The van der Waals surface area contributed by atoms with Gasteiger partial charge in [-0.1, -0.05) is 12.2 Å². The van der Waals surface area contributed by atoms with Crippen molar-refractivity contribution in [1.29, 1.82) is 0 Å². The van der Waals surface area contributed by atoms with Gasteiger partial charge >= 0.3 is 0 Å². The topological polar surface area (TPSA) is 20.3 Å². The molecule has 0 N–H and O–H groups in total. The summed E-state index contributed by atoms with van der Waals surface area (Å²) in [5.41, 5.74) is 0. The van der Waals surface area contributed by atoms with Crippen LogP contribution >= 0.6 is 0 Å². The van der Waals surface area contributed by atoms with E-state index in [0.29, 0.717) is 18.0 Å². The normalized spacial score (nSPS) is 21.1. The van der Waals surface area contributed by atoms with E-state index in [2.05, 4.69) is 39.8 Å². The standard InChI is InChI=1S/C13H23NO/c1-10(2)14(11(3)4)13(15)12-8-6-5-7-9-12/h5-6,10-12H,7-9H2,1-4H3. The lowest BCUT2D eigenvalue weighted by atomic mass is 9.92. The third-order valence-electron chi connectivity index (χ3n) is 2.99. The lowest BCUT2D eigenvalue weighted by Gasteiger charge is -2.34. The summed E-state index contributed by atoms with van der Waals surface area (Å²) in [5, 5.41) is 0. The van der Waals surface area contributed by atoms with E-state index < -0.39 is 0 Å². The molecule has 0 heterocycles. The zero-order valence-corrected chi connectivity index (χ0v) is 10.4. The molecule has 1 atom stereocenters. The van der Waals surface area contributed by atoms with Crippen LogP contribution in [-0.2, 0) is 4.79 Å². The van der Waals surface area contributed by atoms with E-state index in [9.17, 15) is 4.79 Å². The van der Waals surface area contributed by atoms with E-state index in [4.69, 9.17) is 0 Å². The Morgan fingerprint density at radius 3 is 2.20 bits per heavy atom. The number of carbonyl (C=O) groups is 1. The first kappa shape index (κ1) is 12.3. The summed E-state index contributed by atoms with van der Waals surface area (Å²) in [5.74, 6) is 0.559. The van der Waals surface area contributed by atoms with Crippen molar-refractivity contribution in [3.63, 3.8) is 0 Å². The Labute approximate surface area is 93.3 Å². The first-order valence-electron chi connectivity index (χ1n) is 6.01. The van der Waals surface area contributed by atoms with Crippen LogP contribution in [0.3, 0.4) is 0 Å². The van der Waals surface area contributed by atoms with Gasteiger partial charge in [0.1, 0.15) is 0 Å². The van der Waals surface area contributed by atoms with Gasteiger partial charge < -0.3 is 4.90 Å². The monoisotopic (exact) mass is 209 g/mol. The molecule has 86 valence electrons. The van der Waals surface area contributed by atoms with Crippen LogP contribution in [0, 0.1) is 5.92 Å². The number of carbonyl (C=O) groups excluding carboxylic acids is 1. The minimum absolute atomic E-state index is 0.222. The second kappa shape index (κ2) is 5.34. The molecular formula is C13H23NO. The van der Waals surface area contributed by atoms with Crippen LogP contribution in [0.4, 0.5) is 0 Å². The number of nitrogens with zero attached hydrogens (tertiary/aromatic N) is 1. The summed E-state index contributed by atoms with van der Waals surface area (Å²) >= 11 is 0. The molecule has 1 rings (SSSR count). The van der Waals surface area contributed by atoms with Gasteiger partial charge in [-0.25, -0.2) is 0 Å². The van der Waals surface area contributed by atoms with Gasteiger partial charge in [0.2, 0.25) is 5.91 Å². The molecule has 0 radical (unpaired) electrons. The lowest BCUT2D eigenvalue weighted by Crippen LogP contribution is -2.45. The smallest absolute Gasteiger partial charge is 0.226 e. The molecule has 1 amide bonds. The number of rotatable bonds is 3. The predicted octanol–water partition coefficient (Wildman–Crippen LogP) is 2.99. The third-order valence-corrected chi connectivity index (χ3v) is 2.99. The zero-order chi connectivity index (χ0) is 11.4. The third kappa shape index (κ3) is 3.08. The Hall–Kier alpha value is -0.790. The molecule has 0 spiro atoms. The molecule has 2 heteroatoms. The molecule has 0 saturated heterocycles. The van der Waals surface area contributed by atoms with Gasteiger partial charge in [-0.05, 0) is 47.0 Å². The van der Waals surface area contributed by atoms with Gasteiger partial charge in [-0.3, -0.25) is 4.79 Å². The van der Waals surface area contributed by atoms with E-state index in [1.54, 1.807) is 0 Å². The highest BCUT2D eigenvalue weighted by Gasteiger charge is 2.27. The lowest BCUT2D eigenvalue weighted by molar-refractivity contribution is -0.139. The fraction of sp³-hybridized carbons (Fsp3) is 0.769. The molecule has 0 aromatic carbocycles. The van der Waals surface area contributed by atoms with E-state index >= 15 is 0 Å². The molecule has 0 fully saturated rings. The van der Waals surface area contributed by atoms with Gasteiger partial charge in [-0.15, -0.1) is 0 Å². The Morgan fingerprint density at radius 2 is 1.80 bits per heavy atom. The fourth-order valence-electron chi connectivity index (χ4n) is 2.33. The molecule has 15 heavy (non-hydrogen) atoms. The molecule has 0 saturated carbocycles. The number of hydrogen-bond acceptors (Lipinski definition) is 1. The van der Waals surface area contributed by atoms with Crippen molar-refractivity contribution in [1.82, 2.24) is 4.90 Å². The van der Waals surface area contributed by atoms with Gasteiger partial charge in [0.15, 0.2) is 0 Å². The van der Waals surface area contributed by atoms with Crippen LogP contribution in [0.25, 0.3) is 0 Å². The van der Waals surface area contributed by atoms with Crippen molar-refractivity contribution in [3.8, 4) is 0 Å². The average Bonchev–Trinajstić information content (AvgIpc) is 2.18. The second-order valence-electron chi connectivity index (χ2n) is 4.91. The SMILES string of the molecule is CC(C)N(C(=O)C1CC=CCC1)C(C)C. The highest BCUT2D eigenvalue weighted by atomic mass is 16.2. The number of hydrogen-bond donors (Lipinski definition) is 0. The Balaban J connectivity index is 2.67. The summed E-state index contributed by atoms with van der Waals surface area (Å²) in [6.07, 6.45) is 7.32. The fourth-order valence-corrected chi connectivity index (χ4v) is 2.33. The van der Waals surface area contributed by atoms with E-state index in [1.807, 2.05) is 4.90 Å². The van der Waals surface area contributed by atoms with Crippen LogP contribution in [0.15, 0.2) is 12.2 Å². The average molecular weight is 209 g/mol. The number of allylic oxidation sites excluding steroid dienone is 2. The highest BCUT2D eigenvalue weighted by molar-refractivity contribution is 5.79. The molecule has 2 nitrogen and oxygen atoms in total. The minimum atomic E-state index is 0.222. The van der Waals surface area contributed by atoms with Gasteiger partial charge in [0, 0.05) is 18.0 Å². The summed E-state index contributed by atoms with van der Waals surface area (Å²) in [6, 6.07) is 0.617. The van der Waals surface area contributed by atoms with Crippen LogP contribution in [0.5, 0.6) is 0 Å². The number of amides is 1. The second-order valence-corrected chi connectivity index (χ2v) is 4.91. The van der Waals surface area contributed by atoms with Crippen LogP contribution in [0.2, 0.25) is 0 Å². The molecule has 1 unspecified atom stereocenters. The van der Waals surface area contributed by atoms with Crippen molar-refractivity contribution < 1.29 is 4.79 Å². The molecule has 0 aromatic rings.